The zero-order valence-electron chi connectivity index (χ0n) is 14.0. The Hall–Kier alpha value is -3.07. The van der Waals surface area contributed by atoms with Crippen molar-refractivity contribution in [1.82, 2.24) is 0 Å². The highest BCUT2D eigenvalue weighted by atomic mass is 79.9. The van der Waals surface area contributed by atoms with Gasteiger partial charge >= 0.3 is 6.18 Å². The van der Waals surface area contributed by atoms with Gasteiger partial charge in [0.05, 0.1) is 5.56 Å². The maximum absolute atomic E-state index is 12.8. The third-order valence-corrected chi connectivity index (χ3v) is 4.05. The molecule has 0 aliphatic heterocycles. The van der Waals surface area contributed by atoms with Crippen molar-refractivity contribution in [2.45, 2.75) is 6.18 Å². The molecule has 0 radical (unpaired) electrons. The molecule has 2 N–H and O–H groups in total. The van der Waals surface area contributed by atoms with Crippen molar-refractivity contribution in [2.24, 2.45) is 0 Å². The van der Waals surface area contributed by atoms with Crippen LogP contribution in [0.3, 0.4) is 0 Å². The van der Waals surface area contributed by atoms with Crippen LogP contribution in [0.5, 0.6) is 0 Å². The van der Waals surface area contributed by atoms with Crippen LogP contribution in [0, 0.1) is 0 Å². The third-order valence-electron chi connectivity index (χ3n) is 3.63. The zero-order valence-corrected chi connectivity index (χ0v) is 15.6. The van der Waals surface area contributed by atoms with Crippen molar-refractivity contribution in [3.05, 3.63) is 82.2 Å². The molecule has 5 nitrogen and oxygen atoms in total. The van der Waals surface area contributed by atoms with Gasteiger partial charge in [-0.05, 0) is 64.5 Å². The number of anilines is 2. The summed E-state index contributed by atoms with van der Waals surface area (Å²) in [4.78, 5) is 24.5. The van der Waals surface area contributed by atoms with Gasteiger partial charge in [0.15, 0.2) is 10.4 Å². The standard InChI is InChI=1S/C19H12BrF3N2O3/c20-16-8-7-15(28-16)18(27)25-13-5-1-3-11(9-13)17(26)24-14-6-2-4-12(10-14)19(21,22)23/h1-10H,(H,24,26)(H,25,27). The van der Waals surface area contributed by atoms with Crippen molar-refractivity contribution < 1.29 is 27.2 Å². The average Bonchev–Trinajstić information content (AvgIpc) is 3.08. The molecule has 144 valence electrons. The number of amides is 2. The van der Waals surface area contributed by atoms with E-state index in [2.05, 4.69) is 26.6 Å². The zero-order chi connectivity index (χ0) is 20.3. The molecule has 9 heteroatoms. The van der Waals surface area contributed by atoms with E-state index in [1.807, 2.05) is 0 Å². The van der Waals surface area contributed by atoms with Gasteiger partial charge in [0, 0.05) is 16.9 Å². The lowest BCUT2D eigenvalue weighted by atomic mass is 10.1. The predicted molar refractivity (Wildman–Crippen MR) is 100 cm³/mol. The highest BCUT2D eigenvalue weighted by Crippen LogP contribution is 2.30. The van der Waals surface area contributed by atoms with E-state index < -0.39 is 23.6 Å². The number of alkyl halides is 3. The Balaban J connectivity index is 1.73. The quantitative estimate of drug-likeness (QED) is 0.543. The predicted octanol–water partition coefficient (Wildman–Crippen LogP) is 5.57. The molecule has 1 heterocycles. The van der Waals surface area contributed by atoms with E-state index in [0.717, 1.165) is 12.1 Å². The summed E-state index contributed by atoms with van der Waals surface area (Å²) in [6.07, 6.45) is -4.51. The molecule has 2 amide bonds. The Morgan fingerprint density at radius 1 is 0.857 bits per heavy atom. The van der Waals surface area contributed by atoms with Gasteiger partial charge in [-0.2, -0.15) is 13.2 Å². The van der Waals surface area contributed by atoms with E-state index in [1.165, 1.54) is 36.4 Å². The minimum Gasteiger partial charge on any atom is -0.444 e. The molecule has 0 fully saturated rings. The van der Waals surface area contributed by atoms with Gasteiger partial charge < -0.3 is 15.1 Å². The van der Waals surface area contributed by atoms with Crippen LogP contribution in [0.4, 0.5) is 24.5 Å². The molecule has 0 atom stereocenters. The summed E-state index contributed by atoms with van der Waals surface area (Å²) in [5.74, 6) is -1.05. The molecule has 1 aromatic heterocycles. The van der Waals surface area contributed by atoms with Gasteiger partial charge in [0.25, 0.3) is 11.8 Å². The third kappa shape index (κ3) is 4.80. The lowest BCUT2D eigenvalue weighted by molar-refractivity contribution is -0.137. The van der Waals surface area contributed by atoms with Crippen LogP contribution in [0.25, 0.3) is 0 Å². The van der Waals surface area contributed by atoms with Gasteiger partial charge in [0.2, 0.25) is 0 Å². The molecule has 0 aliphatic rings. The van der Waals surface area contributed by atoms with Crippen molar-refractivity contribution in [3.63, 3.8) is 0 Å². The van der Waals surface area contributed by atoms with Crippen LogP contribution in [-0.2, 0) is 6.18 Å². The molecule has 0 aliphatic carbocycles. The second kappa shape index (κ2) is 7.89. The van der Waals surface area contributed by atoms with Crippen molar-refractivity contribution in [2.75, 3.05) is 10.6 Å². The molecule has 3 rings (SSSR count). The monoisotopic (exact) mass is 452 g/mol. The fourth-order valence-electron chi connectivity index (χ4n) is 2.34. The van der Waals surface area contributed by atoms with Gasteiger partial charge in [-0.25, -0.2) is 0 Å². The lowest BCUT2D eigenvalue weighted by Crippen LogP contribution is -2.15. The minimum atomic E-state index is -4.51. The van der Waals surface area contributed by atoms with E-state index in [1.54, 1.807) is 12.1 Å². The largest absolute Gasteiger partial charge is 0.444 e. The number of nitrogens with one attached hydrogen (secondary N) is 2. The summed E-state index contributed by atoms with van der Waals surface area (Å²) in [6, 6.07) is 13.3. The molecule has 28 heavy (non-hydrogen) atoms. The summed E-state index contributed by atoms with van der Waals surface area (Å²) in [5.41, 5.74) is -0.365. The van der Waals surface area contributed by atoms with E-state index in [9.17, 15) is 22.8 Å². The molecule has 0 spiro atoms. The van der Waals surface area contributed by atoms with Crippen LogP contribution in [-0.4, -0.2) is 11.8 Å². The molecule has 2 aromatic carbocycles. The SMILES string of the molecule is O=C(Nc1cccc(C(F)(F)F)c1)c1cccc(NC(=O)c2ccc(Br)o2)c1. The fourth-order valence-corrected chi connectivity index (χ4v) is 2.65. The second-order valence-electron chi connectivity index (χ2n) is 5.67. The number of carbonyl (C=O) groups excluding carboxylic acids is 2. The molecular formula is C19H12BrF3N2O3. The summed E-state index contributed by atoms with van der Waals surface area (Å²) in [5, 5.41) is 4.99. The van der Waals surface area contributed by atoms with Crippen molar-refractivity contribution in [3.8, 4) is 0 Å². The highest BCUT2D eigenvalue weighted by molar-refractivity contribution is 9.10. The topological polar surface area (TPSA) is 71.3 Å². The smallest absolute Gasteiger partial charge is 0.416 e. The number of hydrogen-bond donors (Lipinski definition) is 2. The Morgan fingerprint density at radius 2 is 1.50 bits per heavy atom. The molecular weight excluding hydrogens is 441 g/mol. The van der Waals surface area contributed by atoms with Crippen LogP contribution in [0.1, 0.15) is 26.5 Å². The Labute approximate surface area is 165 Å². The summed E-state index contributed by atoms with van der Waals surface area (Å²) >= 11 is 3.10. The maximum atomic E-state index is 12.8. The Kier molecular flexibility index (Phi) is 5.55. The first-order chi connectivity index (χ1) is 13.2. The van der Waals surface area contributed by atoms with Crippen LogP contribution in [0.2, 0.25) is 0 Å². The second-order valence-corrected chi connectivity index (χ2v) is 6.45. The molecule has 0 bridgehead atoms. The summed E-state index contributed by atoms with van der Waals surface area (Å²) in [6.45, 7) is 0. The van der Waals surface area contributed by atoms with Crippen LogP contribution >= 0.6 is 15.9 Å². The lowest BCUT2D eigenvalue weighted by Gasteiger charge is -2.10. The fraction of sp³-hybridized carbons (Fsp3) is 0.0526. The number of halogens is 4. The molecule has 0 saturated carbocycles. The maximum Gasteiger partial charge on any atom is 0.416 e. The first-order valence-corrected chi connectivity index (χ1v) is 8.67. The Bertz CT molecular complexity index is 1030. The highest BCUT2D eigenvalue weighted by Gasteiger charge is 2.30. The number of carbonyl (C=O) groups is 2. The number of benzene rings is 2. The van der Waals surface area contributed by atoms with E-state index in [-0.39, 0.29) is 17.0 Å². The number of rotatable bonds is 4. The van der Waals surface area contributed by atoms with Crippen LogP contribution in [0.15, 0.2) is 69.8 Å². The average molecular weight is 453 g/mol. The first-order valence-electron chi connectivity index (χ1n) is 7.88. The van der Waals surface area contributed by atoms with Crippen molar-refractivity contribution >= 4 is 39.1 Å². The van der Waals surface area contributed by atoms with Gasteiger partial charge in [-0.1, -0.05) is 12.1 Å². The summed E-state index contributed by atoms with van der Waals surface area (Å²) < 4.78 is 43.9. The molecule has 3 aromatic rings. The van der Waals surface area contributed by atoms with Crippen molar-refractivity contribution in [1.29, 1.82) is 0 Å². The summed E-state index contributed by atoms with van der Waals surface area (Å²) in [7, 11) is 0. The number of furan rings is 1. The molecule has 0 unspecified atom stereocenters. The molecule has 0 saturated heterocycles. The van der Waals surface area contributed by atoms with E-state index >= 15 is 0 Å². The first kappa shape index (κ1) is 19.7. The van der Waals surface area contributed by atoms with E-state index in [4.69, 9.17) is 4.42 Å². The minimum absolute atomic E-state index is 0.00898. The van der Waals surface area contributed by atoms with Crippen LogP contribution < -0.4 is 10.6 Å². The normalized spacial score (nSPS) is 11.1. The van der Waals surface area contributed by atoms with E-state index in [0.29, 0.717) is 10.4 Å². The van der Waals surface area contributed by atoms with Gasteiger partial charge in [0.1, 0.15) is 0 Å². The Morgan fingerprint density at radius 3 is 2.14 bits per heavy atom. The van der Waals surface area contributed by atoms with Gasteiger partial charge in [-0.3, -0.25) is 9.59 Å². The van der Waals surface area contributed by atoms with Gasteiger partial charge in [-0.15, -0.1) is 0 Å². The number of hydrogen-bond acceptors (Lipinski definition) is 3.